The highest BCUT2D eigenvalue weighted by Crippen LogP contribution is 2.32. The van der Waals surface area contributed by atoms with Crippen molar-refractivity contribution in [2.45, 2.75) is 12.5 Å². The first-order valence-electron chi connectivity index (χ1n) is 9.92. The maximum absolute atomic E-state index is 13.2. The predicted octanol–water partition coefficient (Wildman–Crippen LogP) is 4.99. The predicted molar refractivity (Wildman–Crippen MR) is 133 cm³/mol. The van der Waals surface area contributed by atoms with Gasteiger partial charge in [0.25, 0.3) is 5.56 Å². The Bertz CT molecular complexity index is 1250. The van der Waals surface area contributed by atoms with Crippen LogP contribution in [0.2, 0.25) is 5.02 Å². The zero-order valence-electron chi connectivity index (χ0n) is 16.9. The molecule has 4 aromatic rings. The van der Waals surface area contributed by atoms with Gasteiger partial charge in [-0.1, -0.05) is 23.7 Å². The quantitative estimate of drug-likeness (QED) is 0.454. The molecule has 0 bridgehead atoms. The molecule has 1 N–H and O–H groups in total. The van der Waals surface area contributed by atoms with Gasteiger partial charge in [-0.2, -0.15) is 0 Å². The van der Waals surface area contributed by atoms with E-state index in [1.807, 2.05) is 55.7 Å². The molecule has 8 heteroatoms. The van der Waals surface area contributed by atoms with Crippen LogP contribution in [0, 0.1) is 0 Å². The summed E-state index contributed by atoms with van der Waals surface area (Å²) in [6.07, 6.45) is 4.72. The fourth-order valence-corrected chi connectivity index (χ4v) is 5.12. The van der Waals surface area contributed by atoms with E-state index >= 15 is 0 Å². The summed E-state index contributed by atoms with van der Waals surface area (Å²) in [5, 5.41) is 4.97. The number of pyridine rings is 2. The highest BCUT2D eigenvalue weighted by molar-refractivity contribution is 7.22. The Morgan fingerprint density at radius 3 is 2.65 bits per heavy atom. The van der Waals surface area contributed by atoms with Crippen molar-refractivity contribution in [3.63, 3.8) is 0 Å². The van der Waals surface area contributed by atoms with Crippen molar-refractivity contribution in [3.8, 4) is 16.1 Å². The van der Waals surface area contributed by atoms with Crippen LogP contribution in [0.1, 0.15) is 6.42 Å². The Balaban J connectivity index is 0.00000231. The molecule has 5 rings (SSSR count). The van der Waals surface area contributed by atoms with E-state index in [1.165, 1.54) is 11.3 Å². The monoisotopic (exact) mass is 472 g/mol. The Morgan fingerprint density at radius 2 is 1.97 bits per heavy atom. The Kier molecular flexibility index (Phi) is 6.34. The summed E-state index contributed by atoms with van der Waals surface area (Å²) in [4.78, 5) is 21.1. The van der Waals surface area contributed by atoms with E-state index < -0.39 is 0 Å². The normalized spacial score (nSPS) is 15.9. The smallest absolute Gasteiger partial charge is 0.273 e. The maximum Gasteiger partial charge on any atom is 0.273 e. The second-order valence-corrected chi connectivity index (χ2v) is 8.98. The molecule has 1 atom stereocenters. The number of anilines is 1. The fourth-order valence-electron chi connectivity index (χ4n) is 3.90. The average Bonchev–Trinajstić information content (AvgIpc) is 3.42. The number of nitrogens with one attached hydrogen (secondary N) is 1. The van der Waals surface area contributed by atoms with Crippen LogP contribution in [0.4, 0.5) is 5.82 Å². The molecule has 31 heavy (non-hydrogen) atoms. The van der Waals surface area contributed by atoms with Gasteiger partial charge in [0.15, 0.2) is 0 Å². The highest BCUT2D eigenvalue weighted by Gasteiger charge is 2.22. The minimum atomic E-state index is -0.0244. The zero-order chi connectivity index (χ0) is 20.7. The number of nitrogens with zero attached hydrogens (tertiary/aromatic N) is 3. The molecule has 0 amide bonds. The molecule has 0 unspecified atom stereocenters. The number of likely N-dealkylation sites (N-methyl/N-ethyl adjacent to an activating group) is 1. The number of fused-ring (bicyclic) bond motifs is 1. The van der Waals surface area contributed by atoms with Crippen LogP contribution >= 0.6 is 35.3 Å². The van der Waals surface area contributed by atoms with E-state index in [0.717, 1.165) is 51.5 Å². The van der Waals surface area contributed by atoms with Crippen LogP contribution in [-0.4, -0.2) is 35.7 Å². The summed E-state index contributed by atoms with van der Waals surface area (Å²) >= 11 is 7.50. The third kappa shape index (κ3) is 4.21. The van der Waals surface area contributed by atoms with Crippen LogP contribution in [0.15, 0.2) is 65.7 Å². The van der Waals surface area contributed by atoms with Crippen molar-refractivity contribution < 1.29 is 0 Å². The first-order valence-corrected chi connectivity index (χ1v) is 11.1. The van der Waals surface area contributed by atoms with Gasteiger partial charge in [-0.15, -0.1) is 23.7 Å². The van der Waals surface area contributed by atoms with E-state index in [4.69, 9.17) is 11.6 Å². The van der Waals surface area contributed by atoms with Crippen molar-refractivity contribution in [1.29, 1.82) is 0 Å². The lowest BCUT2D eigenvalue weighted by molar-refractivity contribution is 0.616. The van der Waals surface area contributed by atoms with Crippen LogP contribution in [0.3, 0.4) is 0 Å². The molecular weight excluding hydrogens is 451 g/mol. The van der Waals surface area contributed by atoms with E-state index in [0.29, 0.717) is 11.1 Å². The van der Waals surface area contributed by atoms with Gasteiger partial charge in [0.05, 0.1) is 11.9 Å². The molecule has 0 saturated carbocycles. The van der Waals surface area contributed by atoms with Crippen molar-refractivity contribution in [3.05, 3.63) is 76.3 Å². The first kappa shape index (κ1) is 21.8. The Hall–Kier alpha value is -2.38. The highest BCUT2D eigenvalue weighted by atomic mass is 35.5. The number of benzene rings is 1. The lowest BCUT2D eigenvalue weighted by Gasteiger charge is -2.17. The van der Waals surface area contributed by atoms with Gasteiger partial charge in [-0.25, -0.2) is 4.98 Å². The number of hydrogen-bond donors (Lipinski definition) is 1. The molecule has 1 saturated heterocycles. The molecular formula is C23H22Cl2N4OS. The Labute approximate surface area is 195 Å². The second kappa shape index (κ2) is 9.01. The molecule has 0 radical (unpaired) electrons. The summed E-state index contributed by atoms with van der Waals surface area (Å²) in [5.74, 6) is 0.951. The van der Waals surface area contributed by atoms with Gasteiger partial charge >= 0.3 is 0 Å². The number of rotatable bonds is 4. The maximum atomic E-state index is 13.2. The number of hydrogen-bond acceptors (Lipinski definition) is 5. The van der Waals surface area contributed by atoms with E-state index in [1.54, 1.807) is 10.8 Å². The molecule has 1 aliphatic rings. The third-order valence-electron chi connectivity index (χ3n) is 5.64. The largest absolute Gasteiger partial charge is 0.355 e. The third-order valence-corrected chi connectivity index (χ3v) is 7.08. The Morgan fingerprint density at radius 1 is 1.16 bits per heavy atom. The summed E-state index contributed by atoms with van der Waals surface area (Å²) in [6, 6.07) is 16.2. The molecule has 4 heterocycles. The molecule has 1 fully saturated rings. The van der Waals surface area contributed by atoms with Crippen LogP contribution < -0.4 is 15.8 Å². The van der Waals surface area contributed by atoms with E-state index in [-0.39, 0.29) is 18.0 Å². The minimum Gasteiger partial charge on any atom is -0.355 e. The van der Waals surface area contributed by atoms with Gasteiger partial charge in [0, 0.05) is 40.6 Å². The lowest BCUT2D eigenvalue weighted by atomic mass is 10.2. The summed E-state index contributed by atoms with van der Waals surface area (Å²) < 4.78 is 2.41. The standard InChI is InChI=1S/C23H21ClN4OS.ClH/c1-25-18-9-10-27(14-18)21-7-6-19(13-26-21)28-11-8-16-12-20(30-22(16)23(28)29)15-2-4-17(24)5-3-15;/h2-8,11-13,18,25H,9-10,14H2,1H3;1H/t18-;/m0./s1. The van der Waals surface area contributed by atoms with Gasteiger partial charge in [-0.05, 0) is 55.4 Å². The van der Waals surface area contributed by atoms with E-state index in [9.17, 15) is 4.79 Å². The van der Waals surface area contributed by atoms with Crippen molar-refractivity contribution in [2.24, 2.45) is 0 Å². The molecule has 5 nitrogen and oxygen atoms in total. The molecule has 1 aromatic carbocycles. The van der Waals surface area contributed by atoms with Crippen molar-refractivity contribution in [1.82, 2.24) is 14.9 Å². The summed E-state index contributed by atoms with van der Waals surface area (Å²) in [7, 11) is 2.00. The summed E-state index contributed by atoms with van der Waals surface area (Å²) in [5.41, 5.74) is 1.81. The minimum absolute atomic E-state index is 0. The van der Waals surface area contributed by atoms with Crippen molar-refractivity contribution >= 4 is 51.2 Å². The van der Waals surface area contributed by atoms with Gasteiger partial charge in [0.1, 0.15) is 10.5 Å². The van der Waals surface area contributed by atoms with Crippen molar-refractivity contribution in [2.75, 3.05) is 25.0 Å². The second-order valence-electron chi connectivity index (χ2n) is 7.49. The van der Waals surface area contributed by atoms with Gasteiger partial charge < -0.3 is 10.2 Å². The van der Waals surface area contributed by atoms with Crippen LogP contribution in [0.5, 0.6) is 0 Å². The molecule has 0 spiro atoms. The van der Waals surface area contributed by atoms with E-state index in [2.05, 4.69) is 21.3 Å². The molecule has 1 aliphatic heterocycles. The molecule has 0 aliphatic carbocycles. The average molecular weight is 473 g/mol. The summed E-state index contributed by atoms with van der Waals surface area (Å²) in [6.45, 7) is 1.95. The SMILES string of the molecule is CN[C@H]1CCN(c2ccc(-n3ccc4cc(-c5ccc(Cl)cc5)sc4c3=O)cn2)C1.Cl. The molecule has 3 aromatic heterocycles. The zero-order valence-corrected chi connectivity index (χ0v) is 19.3. The van der Waals surface area contributed by atoms with Crippen LogP contribution in [0.25, 0.3) is 26.2 Å². The number of halogens is 2. The number of thiophene rings is 1. The fraction of sp³-hybridized carbons (Fsp3) is 0.217. The number of aromatic nitrogens is 2. The lowest BCUT2D eigenvalue weighted by Crippen LogP contribution is -2.29. The van der Waals surface area contributed by atoms with Gasteiger partial charge in [0.2, 0.25) is 0 Å². The van der Waals surface area contributed by atoms with Crippen LogP contribution in [-0.2, 0) is 0 Å². The topological polar surface area (TPSA) is 50.2 Å². The van der Waals surface area contributed by atoms with Gasteiger partial charge in [-0.3, -0.25) is 9.36 Å². The first-order chi connectivity index (χ1) is 14.6. The molecule has 160 valence electrons.